The number of aromatic nitrogens is 2. The molecule has 1 atom stereocenters. The predicted octanol–water partition coefficient (Wildman–Crippen LogP) is 4.36. The highest BCUT2D eigenvalue weighted by molar-refractivity contribution is 7.99. The first kappa shape index (κ1) is 17.6. The van der Waals surface area contributed by atoms with Crippen molar-refractivity contribution in [3.63, 3.8) is 0 Å². The Kier molecular flexibility index (Phi) is 5.23. The second kappa shape index (κ2) is 7.43. The summed E-state index contributed by atoms with van der Waals surface area (Å²) in [5.41, 5.74) is 1.32. The van der Waals surface area contributed by atoms with Gasteiger partial charge < -0.3 is 4.74 Å². The molecule has 3 heterocycles. The molecule has 2 aromatic rings. The van der Waals surface area contributed by atoms with Crippen molar-refractivity contribution >= 4 is 44.9 Å². The third-order valence-corrected chi connectivity index (χ3v) is 7.35. The highest BCUT2D eigenvalue weighted by Gasteiger charge is 2.24. The molecule has 0 spiro atoms. The number of aryl methyl sites for hydroxylation is 2. The van der Waals surface area contributed by atoms with E-state index in [4.69, 9.17) is 21.3 Å². The summed E-state index contributed by atoms with van der Waals surface area (Å²) in [4.78, 5) is 20.4. The first-order valence-corrected chi connectivity index (χ1v) is 10.9. The van der Waals surface area contributed by atoms with Crippen LogP contribution in [0.5, 0.6) is 0 Å². The van der Waals surface area contributed by atoms with Crippen molar-refractivity contribution in [1.29, 1.82) is 0 Å². The van der Waals surface area contributed by atoms with Crippen molar-refractivity contribution in [2.24, 2.45) is 0 Å². The van der Waals surface area contributed by atoms with Gasteiger partial charge in [0.05, 0.1) is 18.0 Å². The minimum Gasteiger partial charge on any atom is -0.376 e. The maximum atomic E-state index is 13.3. The molecule has 134 valence electrons. The average Bonchev–Trinajstić information content (AvgIpc) is 3.22. The van der Waals surface area contributed by atoms with E-state index in [9.17, 15) is 4.79 Å². The number of thioether (sulfide) groups is 1. The van der Waals surface area contributed by atoms with Crippen LogP contribution in [0.25, 0.3) is 10.2 Å². The summed E-state index contributed by atoms with van der Waals surface area (Å²) in [5.74, 6) is 0.552. The van der Waals surface area contributed by atoms with Gasteiger partial charge in [0.2, 0.25) is 0 Å². The Morgan fingerprint density at radius 1 is 1.40 bits per heavy atom. The van der Waals surface area contributed by atoms with E-state index in [1.807, 2.05) is 4.57 Å². The van der Waals surface area contributed by atoms with Crippen molar-refractivity contribution in [1.82, 2.24) is 9.55 Å². The van der Waals surface area contributed by atoms with Crippen LogP contribution in [0.4, 0.5) is 0 Å². The van der Waals surface area contributed by atoms with Gasteiger partial charge in [0, 0.05) is 22.3 Å². The number of fused-ring (bicyclic) bond motifs is 3. The molecular formula is C18H21ClN2O2S2. The monoisotopic (exact) mass is 396 g/mol. The summed E-state index contributed by atoms with van der Waals surface area (Å²) in [5, 5.41) is 2.13. The van der Waals surface area contributed by atoms with Crippen LogP contribution in [-0.4, -0.2) is 28.0 Å². The van der Waals surface area contributed by atoms with Crippen molar-refractivity contribution < 1.29 is 4.74 Å². The Hall–Kier alpha value is -0.820. The molecular weight excluding hydrogens is 376 g/mol. The van der Waals surface area contributed by atoms with Crippen LogP contribution in [0.1, 0.15) is 36.1 Å². The first-order valence-electron chi connectivity index (χ1n) is 8.76. The first-order chi connectivity index (χ1) is 12.1. The lowest BCUT2D eigenvalue weighted by molar-refractivity contribution is 0.0937. The summed E-state index contributed by atoms with van der Waals surface area (Å²) < 4.78 is 7.57. The van der Waals surface area contributed by atoms with Crippen LogP contribution in [0.3, 0.4) is 0 Å². The molecule has 1 saturated heterocycles. The molecule has 4 rings (SSSR count). The van der Waals surface area contributed by atoms with Gasteiger partial charge in [-0.15, -0.1) is 11.3 Å². The fraction of sp³-hybridized carbons (Fsp3) is 0.556. The summed E-state index contributed by atoms with van der Waals surface area (Å²) >= 11 is 9.11. The van der Waals surface area contributed by atoms with E-state index in [2.05, 4.69) is 6.58 Å². The van der Waals surface area contributed by atoms with E-state index in [0.717, 1.165) is 54.1 Å². The molecule has 2 aliphatic rings. The van der Waals surface area contributed by atoms with Crippen molar-refractivity contribution in [3.05, 3.63) is 32.4 Å². The van der Waals surface area contributed by atoms with E-state index in [-0.39, 0.29) is 11.7 Å². The van der Waals surface area contributed by atoms with E-state index in [1.165, 1.54) is 28.6 Å². The summed E-state index contributed by atoms with van der Waals surface area (Å²) in [7, 11) is 0. The van der Waals surface area contributed by atoms with Crippen molar-refractivity contribution in [2.45, 2.75) is 56.3 Å². The maximum absolute atomic E-state index is 13.3. The van der Waals surface area contributed by atoms with Crippen molar-refractivity contribution in [2.75, 3.05) is 12.4 Å². The molecule has 2 aromatic heterocycles. The maximum Gasteiger partial charge on any atom is 0.263 e. The fourth-order valence-electron chi connectivity index (χ4n) is 3.63. The fourth-order valence-corrected chi connectivity index (χ4v) is 5.85. The number of hydrogen-bond donors (Lipinski definition) is 0. The van der Waals surface area contributed by atoms with Crippen LogP contribution in [0.2, 0.25) is 0 Å². The van der Waals surface area contributed by atoms with Gasteiger partial charge >= 0.3 is 0 Å². The van der Waals surface area contributed by atoms with Gasteiger partial charge in [-0.1, -0.05) is 29.9 Å². The molecule has 0 aromatic carbocycles. The second-order valence-corrected chi connectivity index (χ2v) is 9.20. The van der Waals surface area contributed by atoms with Crippen LogP contribution >= 0.6 is 34.7 Å². The van der Waals surface area contributed by atoms with E-state index >= 15 is 0 Å². The molecule has 7 heteroatoms. The Labute approximate surface area is 160 Å². The quantitative estimate of drug-likeness (QED) is 0.556. The third kappa shape index (κ3) is 3.54. The minimum atomic E-state index is 0.0857. The smallest absolute Gasteiger partial charge is 0.263 e. The van der Waals surface area contributed by atoms with Gasteiger partial charge in [-0.25, -0.2) is 4.98 Å². The van der Waals surface area contributed by atoms with E-state index < -0.39 is 0 Å². The molecule has 4 nitrogen and oxygen atoms in total. The molecule has 0 N–H and O–H groups in total. The Balaban J connectivity index is 1.81. The molecule has 1 aliphatic carbocycles. The SMILES string of the molecule is C=C(Cl)CSc1nc2sc3c(c2c(=O)n1C[C@@H]1CCCO1)CCCC3. The molecule has 0 radical (unpaired) electrons. The highest BCUT2D eigenvalue weighted by Crippen LogP contribution is 2.35. The van der Waals surface area contributed by atoms with Crippen LogP contribution in [-0.2, 0) is 24.1 Å². The van der Waals surface area contributed by atoms with Crippen molar-refractivity contribution in [3.8, 4) is 0 Å². The lowest BCUT2D eigenvalue weighted by atomic mass is 9.97. The molecule has 0 unspecified atom stereocenters. The topological polar surface area (TPSA) is 44.1 Å². The number of rotatable bonds is 5. The largest absolute Gasteiger partial charge is 0.376 e. The summed E-state index contributed by atoms with van der Waals surface area (Å²) in [6, 6.07) is 0. The minimum absolute atomic E-state index is 0.0857. The zero-order chi connectivity index (χ0) is 17.4. The number of thiophene rings is 1. The zero-order valence-electron chi connectivity index (χ0n) is 14.1. The number of ether oxygens (including phenoxy) is 1. The molecule has 0 saturated carbocycles. The Morgan fingerprint density at radius 2 is 2.24 bits per heavy atom. The summed E-state index contributed by atoms with van der Waals surface area (Å²) in [6.07, 6.45) is 6.59. The lowest BCUT2D eigenvalue weighted by Gasteiger charge is -2.16. The number of halogens is 1. The molecule has 25 heavy (non-hydrogen) atoms. The standard InChI is InChI=1S/C18H21ClN2O2S2/c1-11(19)10-24-18-20-16-15(13-6-2-3-7-14(13)25-16)17(22)21(18)9-12-5-4-8-23-12/h12H,1-10H2/t12-/m0/s1. The summed E-state index contributed by atoms with van der Waals surface area (Å²) in [6.45, 7) is 5.10. The zero-order valence-corrected chi connectivity index (χ0v) is 16.4. The third-order valence-electron chi connectivity index (χ3n) is 4.81. The molecule has 0 bridgehead atoms. The number of hydrogen-bond acceptors (Lipinski definition) is 5. The van der Waals surface area contributed by atoms with Crippen LogP contribution in [0.15, 0.2) is 21.6 Å². The Bertz CT molecular complexity index is 868. The number of nitrogens with zero attached hydrogens (tertiary/aromatic N) is 2. The van der Waals surface area contributed by atoms with Gasteiger partial charge in [-0.05, 0) is 44.1 Å². The lowest BCUT2D eigenvalue weighted by Crippen LogP contribution is -2.29. The normalized spacial score (nSPS) is 20.1. The van der Waals surface area contributed by atoms with Gasteiger partial charge in [-0.3, -0.25) is 9.36 Å². The molecule has 1 fully saturated rings. The van der Waals surface area contributed by atoms with Crippen LogP contribution in [0, 0.1) is 0 Å². The van der Waals surface area contributed by atoms with Crippen LogP contribution < -0.4 is 5.56 Å². The van der Waals surface area contributed by atoms with Gasteiger partial charge in [0.15, 0.2) is 5.16 Å². The molecule has 0 amide bonds. The van der Waals surface area contributed by atoms with Gasteiger partial charge in [-0.2, -0.15) is 0 Å². The predicted molar refractivity (Wildman–Crippen MR) is 105 cm³/mol. The van der Waals surface area contributed by atoms with E-state index in [0.29, 0.717) is 17.3 Å². The average molecular weight is 397 g/mol. The Morgan fingerprint density at radius 3 is 3.00 bits per heavy atom. The highest BCUT2D eigenvalue weighted by atomic mass is 35.5. The van der Waals surface area contributed by atoms with E-state index in [1.54, 1.807) is 11.3 Å². The van der Waals surface area contributed by atoms with Gasteiger partial charge in [0.1, 0.15) is 4.83 Å². The second-order valence-electron chi connectivity index (χ2n) is 6.64. The van der Waals surface area contributed by atoms with Gasteiger partial charge in [0.25, 0.3) is 5.56 Å². The molecule has 1 aliphatic heterocycles.